The van der Waals surface area contributed by atoms with Crippen LogP contribution in [-0.4, -0.2) is 19.9 Å². The molecule has 0 amide bonds. The summed E-state index contributed by atoms with van der Waals surface area (Å²) in [6, 6.07) is 67.9. The van der Waals surface area contributed by atoms with Gasteiger partial charge in [0.05, 0.1) is 0 Å². The van der Waals surface area contributed by atoms with E-state index in [9.17, 15) is 0 Å². The van der Waals surface area contributed by atoms with Crippen molar-refractivity contribution in [1.82, 2.24) is 19.9 Å². The van der Waals surface area contributed by atoms with Crippen LogP contribution in [0.4, 0.5) is 0 Å². The SMILES string of the molecule is c1ccc(C23CC4(c5ccccc5-c5nc6ccccc6o5)CC(c5ccccc5-c5nc6ccccc6o5)(C2)CC(c2ccccc2-c2nc5ccccc5o2)(C3)C4)c(-c2nc3ccccc3o2)c1. The Morgan fingerprint density at radius 3 is 0.671 bits per heavy atom. The molecule has 4 fully saturated rings. The Kier molecular flexibility index (Phi) is 8.25. The summed E-state index contributed by atoms with van der Waals surface area (Å²) in [5.74, 6) is 2.54. The molecule has 0 saturated heterocycles. The molecule has 4 heterocycles. The number of benzene rings is 8. The number of hydrogen-bond acceptors (Lipinski definition) is 8. The average molecular weight is 909 g/mol. The minimum atomic E-state index is -0.413. The van der Waals surface area contributed by atoms with Crippen molar-refractivity contribution in [2.75, 3.05) is 0 Å². The van der Waals surface area contributed by atoms with Gasteiger partial charge in [-0.2, -0.15) is 0 Å². The minimum Gasteiger partial charge on any atom is -0.436 e. The van der Waals surface area contributed by atoms with Crippen molar-refractivity contribution >= 4 is 44.4 Å². The maximum atomic E-state index is 6.73. The Balaban J connectivity index is 1.04. The van der Waals surface area contributed by atoms with E-state index < -0.39 is 21.7 Å². The predicted octanol–water partition coefficient (Wildman–Crippen LogP) is 15.4. The third-order valence-electron chi connectivity index (χ3n) is 16.2. The predicted molar refractivity (Wildman–Crippen MR) is 272 cm³/mol. The molecule has 70 heavy (non-hydrogen) atoms. The zero-order valence-electron chi connectivity index (χ0n) is 38.1. The molecule has 4 aromatic heterocycles. The Morgan fingerprint density at radius 2 is 0.443 bits per heavy atom. The molecule has 4 aliphatic carbocycles. The van der Waals surface area contributed by atoms with Crippen molar-refractivity contribution in [2.24, 2.45) is 0 Å². The van der Waals surface area contributed by atoms with E-state index in [2.05, 4.69) is 97.1 Å². The van der Waals surface area contributed by atoms with Gasteiger partial charge in [0.15, 0.2) is 22.3 Å². The first-order valence-corrected chi connectivity index (χ1v) is 24.3. The molecule has 16 rings (SSSR count). The van der Waals surface area contributed by atoms with Crippen molar-refractivity contribution in [3.05, 3.63) is 216 Å². The fourth-order valence-corrected chi connectivity index (χ4v) is 14.3. The van der Waals surface area contributed by atoms with Crippen LogP contribution in [0.15, 0.2) is 212 Å². The third kappa shape index (κ3) is 5.82. The van der Waals surface area contributed by atoms with Crippen molar-refractivity contribution in [2.45, 2.75) is 60.2 Å². The lowest BCUT2D eigenvalue weighted by atomic mass is 9.31. The molecular formula is C62H44N4O4. The molecule has 4 saturated carbocycles. The standard InChI is InChI=1S/C62H44N4O4/c1-5-21-43(39(17-1)55-63-47-25-9-13-29-51(47)67-55)59-33-60(44-22-6-2-18-40(44)56-64-48-26-10-14-30-52(48)68-56)36-61(34-59,45-23-7-3-19-41(45)57-65-49-27-11-15-31-53(49)69-57)38-62(35-59,37-60)46-24-8-4-20-42(46)58-66-50-28-12-16-32-54(50)70-58/h1-32H,33-38H2. The van der Waals surface area contributed by atoms with E-state index in [1.165, 1.54) is 22.3 Å². The van der Waals surface area contributed by atoms with Gasteiger partial charge in [-0.05, 0) is 155 Å². The second-order valence-electron chi connectivity index (χ2n) is 20.3. The van der Waals surface area contributed by atoms with E-state index in [1.807, 2.05) is 97.1 Å². The van der Waals surface area contributed by atoms with Gasteiger partial charge in [-0.25, -0.2) is 19.9 Å². The number of oxazole rings is 4. The lowest BCUT2D eigenvalue weighted by Crippen LogP contribution is -2.67. The van der Waals surface area contributed by atoms with Gasteiger partial charge in [0, 0.05) is 22.3 Å². The highest BCUT2D eigenvalue weighted by Crippen LogP contribution is 2.76. The molecule has 8 heteroatoms. The molecule has 4 bridgehead atoms. The number of hydrogen-bond donors (Lipinski definition) is 0. The molecule has 0 radical (unpaired) electrons. The number of rotatable bonds is 8. The lowest BCUT2D eigenvalue weighted by molar-refractivity contribution is -0.0685. The van der Waals surface area contributed by atoms with Gasteiger partial charge in [0.2, 0.25) is 23.6 Å². The molecule has 0 atom stereocenters. The van der Waals surface area contributed by atoms with Crippen LogP contribution in [0.3, 0.4) is 0 Å². The maximum absolute atomic E-state index is 6.73. The Hall–Kier alpha value is -8.36. The molecule has 0 spiro atoms. The van der Waals surface area contributed by atoms with Crippen molar-refractivity contribution in [1.29, 1.82) is 0 Å². The largest absolute Gasteiger partial charge is 0.436 e. The van der Waals surface area contributed by atoms with E-state index in [0.717, 1.165) is 105 Å². The van der Waals surface area contributed by atoms with Crippen molar-refractivity contribution in [3.63, 3.8) is 0 Å². The van der Waals surface area contributed by atoms with Crippen LogP contribution in [0.2, 0.25) is 0 Å². The fraction of sp³-hybridized carbons (Fsp3) is 0.161. The molecule has 8 aromatic carbocycles. The maximum Gasteiger partial charge on any atom is 0.227 e. The van der Waals surface area contributed by atoms with Gasteiger partial charge in [-0.1, -0.05) is 121 Å². The van der Waals surface area contributed by atoms with Gasteiger partial charge in [-0.3, -0.25) is 0 Å². The monoisotopic (exact) mass is 908 g/mol. The highest BCUT2D eigenvalue weighted by Gasteiger charge is 2.70. The molecule has 0 aliphatic heterocycles. The Bertz CT molecular complexity index is 3350. The second-order valence-corrected chi connectivity index (χ2v) is 20.3. The highest BCUT2D eigenvalue weighted by molar-refractivity contribution is 5.82. The van der Waals surface area contributed by atoms with Crippen LogP contribution in [0.5, 0.6) is 0 Å². The minimum absolute atomic E-state index is 0.413. The summed E-state index contributed by atoms with van der Waals surface area (Å²) < 4.78 is 26.9. The van der Waals surface area contributed by atoms with Gasteiger partial charge in [0.25, 0.3) is 0 Å². The number of aromatic nitrogens is 4. The van der Waals surface area contributed by atoms with Gasteiger partial charge in [0.1, 0.15) is 22.1 Å². The number of nitrogens with zero attached hydrogens (tertiary/aromatic N) is 4. The first-order valence-electron chi connectivity index (χ1n) is 24.3. The smallest absolute Gasteiger partial charge is 0.227 e. The van der Waals surface area contributed by atoms with Crippen molar-refractivity contribution < 1.29 is 17.7 Å². The Labute approximate surface area is 402 Å². The van der Waals surface area contributed by atoms with Crippen LogP contribution < -0.4 is 0 Å². The lowest BCUT2D eigenvalue weighted by Gasteiger charge is -2.72. The highest BCUT2D eigenvalue weighted by atomic mass is 16.4. The molecular weight excluding hydrogens is 865 g/mol. The van der Waals surface area contributed by atoms with Crippen LogP contribution >= 0.6 is 0 Å². The summed E-state index contributed by atoms with van der Waals surface area (Å²) in [5.41, 5.74) is 13.9. The van der Waals surface area contributed by atoms with Gasteiger partial charge >= 0.3 is 0 Å². The van der Waals surface area contributed by atoms with E-state index in [-0.39, 0.29) is 0 Å². The van der Waals surface area contributed by atoms with Crippen molar-refractivity contribution in [3.8, 4) is 45.8 Å². The van der Waals surface area contributed by atoms with Crippen LogP contribution in [-0.2, 0) is 21.7 Å². The summed E-state index contributed by atoms with van der Waals surface area (Å²) >= 11 is 0. The average Bonchev–Trinajstić information content (AvgIpc) is 4.23. The second kappa shape index (κ2) is 14.6. The quantitative estimate of drug-likeness (QED) is 0.148. The molecule has 0 unspecified atom stereocenters. The topological polar surface area (TPSA) is 104 Å². The fourth-order valence-electron chi connectivity index (χ4n) is 14.3. The summed E-state index contributed by atoms with van der Waals surface area (Å²) in [6.07, 6.45) is 5.30. The number of para-hydroxylation sites is 8. The summed E-state index contributed by atoms with van der Waals surface area (Å²) in [6.45, 7) is 0. The van der Waals surface area contributed by atoms with E-state index in [1.54, 1.807) is 0 Å². The van der Waals surface area contributed by atoms with Gasteiger partial charge < -0.3 is 17.7 Å². The van der Waals surface area contributed by atoms with Crippen LogP contribution in [0, 0.1) is 0 Å². The van der Waals surface area contributed by atoms with E-state index in [0.29, 0.717) is 23.6 Å². The Morgan fingerprint density at radius 1 is 0.243 bits per heavy atom. The number of fused-ring (bicyclic) bond motifs is 4. The van der Waals surface area contributed by atoms with E-state index >= 15 is 0 Å². The normalized spacial score (nSPS) is 22.7. The first kappa shape index (κ1) is 39.6. The molecule has 0 N–H and O–H groups in total. The zero-order valence-corrected chi connectivity index (χ0v) is 38.1. The molecule has 8 nitrogen and oxygen atoms in total. The third-order valence-corrected chi connectivity index (χ3v) is 16.2. The van der Waals surface area contributed by atoms with Gasteiger partial charge in [-0.15, -0.1) is 0 Å². The summed E-state index contributed by atoms with van der Waals surface area (Å²) in [7, 11) is 0. The molecule has 12 aromatic rings. The van der Waals surface area contributed by atoms with Crippen LogP contribution in [0.25, 0.3) is 90.2 Å². The summed E-state index contributed by atoms with van der Waals surface area (Å²) in [4.78, 5) is 20.8. The first-order chi connectivity index (χ1) is 34.5. The van der Waals surface area contributed by atoms with E-state index in [4.69, 9.17) is 37.6 Å². The summed E-state index contributed by atoms with van der Waals surface area (Å²) in [5, 5.41) is 0. The zero-order chi connectivity index (χ0) is 46.1. The molecule has 4 aliphatic rings. The molecule has 336 valence electrons. The van der Waals surface area contributed by atoms with Crippen LogP contribution in [0.1, 0.15) is 60.8 Å².